The molecule has 1 rings (SSSR count). The number of unbranched alkanes of at least 4 members (excludes halogenated alkanes) is 31. The van der Waals surface area contributed by atoms with E-state index in [2.05, 4.69) is 57.2 Å². The van der Waals surface area contributed by atoms with Gasteiger partial charge < -0.3 is 39.0 Å². The number of rotatable bonds is 51. The molecule has 0 aromatic carbocycles. The minimum absolute atomic E-state index is 0.0650. The molecule has 3 N–H and O–H groups in total. The van der Waals surface area contributed by atoms with Gasteiger partial charge in [-0.1, -0.05) is 237 Å². The Morgan fingerprint density at radius 2 is 0.822 bits per heavy atom. The van der Waals surface area contributed by atoms with Gasteiger partial charge in [-0.05, 0) is 57.8 Å². The van der Waals surface area contributed by atoms with Gasteiger partial charge in [0.25, 0.3) is 0 Å². The highest BCUT2D eigenvalue weighted by Gasteiger charge is 2.50. The molecule has 0 spiro atoms. The third kappa shape index (κ3) is 39.9. The number of carboxylic acids is 1. The summed E-state index contributed by atoms with van der Waals surface area (Å²) in [4.78, 5) is 51.0. The molecule has 0 saturated carbocycles. The molecular weight excluding hydrogens is 925 g/mol. The maximum atomic E-state index is 13.1. The van der Waals surface area contributed by atoms with Gasteiger partial charge in [-0.15, -0.1) is 0 Å². The van der Waals surface area contributed by atoms with Crippen LogP contribution in [0.1, 0.15) is 278 Å². The summed E-state index contributed by atoms with van der Waals surface area (Å²) in [6.45, 7) is 5.95. The summed E-state index contributed by atoms with van der Waals surface area (Å²) < 4.78 is 28.4. The normalized spacial score (nSPS) is 18.5. The fraction of sp³-hybridized carbons (Fsp3) is 0.836. The predicted octanol–water partition coefficient (Wildman–Crippen LogP) is 15.2. The molecule has 0 bridgehead atoms. The number of ether oxygens (including phenoxy) is 5. The highest BCUT2D eigenvalue weighted by atomic mass is 16.7. The van der Waals surface area contributed by atoms with Gasteiger partial charge in [-0.25, -0.2) is 4.79 Å². The van der Waals surface area contributed by atoms with Gasteiger partial charge in [0.05, 0.1) is 6.61 Å². The minimum Gasteiger partial charge on any atom is -0.479 e. The summed E-state index contributed by atoms with van der Waals surface area (Å²) in [7, 11) is 0. The van der Waals surface area contributed by atoms with E-state index in [-0.39, 0.29) is 25.9 Å². The first kappa shape index (κ1) is 68.0. The summed E-state index contributed by atoms with van der Waals surface area (Å²) in [5, 5.41) is 31.4. The molecule has 0 aliphatic carbocycles. The second-order valence-electron chi connectivity index (χ2n) is 20.6. The van der Waals surface area contributed by atoms with E-state index in [1.165, 1.54) is 128 Å². The van der Waals surface area contributed by atoms with Gasteiger partial charge in [0.2, 0.25) is 0 Å². The van der Waals surface area contributed by atoms with Gasteiger partial charge in [-0.3, -0.25) is 14.4 Å². The summed E-state index contributed by atoms with van der Waals surface area (Å²) >= 11 is 0. The molecule has 1 aliphatic rings. The van der Waals surface area contributed by atoms with E-state index in [9.17, 15) is 34.5 Å². The molecular formula is C61H108O12. The van der Waals surface area contributed by atoms with E-state index in [0.717, 1.165) is 89.9 Å². The number of aliphatic hydroxyl groups excluding tert-OH is 2. The second-order valence-corrected chi connectivity index (χ2v) is 20.6. The first-order valence-corrected chi connectivity index (χ1v) is 30.0. The Balaban J connectivity index is 2.63. The van der Waals surface area contributed by atoms with Crippen LogP contribution >= 0.6 is 0 Å². The van der Waals surface area contributed by atoms with E-state index in [0.29, 0.717) is 19.3 Å². The Kier molecular flexibility index (Phi) is 46.4. The molecule has 1 aliphatic heterocycles. The van der Waals surface area contributed by atoms with Gasteiger partial charge in [0, 0.05) is 19.3 Å². The molecule has 424 valence electrons. The Hall–Kier alpha value is -3.06. The van der Waals surface area contributed by atoms with Gasteiger partial charge in [0.15, 0.2) is 24.6 Å². The topological polar surface area (TPSA) is 175 Å². The lowest BCUT2D eigenvalue weighted by molar-refractivity contribution is -0.301. The lowest BCUT2D eigenvalue weighted by Crippen LogP contribution is -2.61. The first-order valence-electron chi connectivity index (χ1n) is 30.0. The largest absolute Gasteiger partial charge is 0.479 e. The van der Waals surface area contributed by atoms with Crippen LogP contribution in [0.3, 0.4) is 0 Å². The first-order chi connectivity index (χ1) is 35.6. The van der Waals surface area contributed by atoms with Crippen LogP contribution in [0.5, 0.6) is 0 Å². The standard InChI is InChI=1S/C61H108O12/c1-4-7-10-13-16-19-21-23-25-26-27-28-30-31-33-36-38-41-44-47-53(62)69-50-52(71-54(63)48-45-42-39-35-18-15-12-9-6-3)51-70-61-59(57(66)56(65)58(73-61)60(67)68)72-55(64)49-46-43-40-37-34-32-29-24-22-20-17-14-11-8-5-2/h16,19,23,25,27-28,52,56-59,61,65-66H,4-15,17-18,20-22,24,26,29-51H2,1-3H3,(H,67,68)/b19-16-,25-23-,28-27-. The molecule has 12 heteroatoms. The Morgan fingerprint density at radius 3 is 1.27 bits per heavy atom. The van der Waals surface area contributed by atoms with Crippen LogP contribution in [0.2, 0.25) is 0 Å². The predicted molar refractivity (Wildman–Crippen MR) is 294 cm³/mol. The van der Waals surface area contributed by atoms with E-state index in [1.807, 2.05) is 0 Å². The van der Waals surface area contributed by atoms with Crippen molar-refractivity contribution in [1.29, 1.82) is 0 Å². The smallest absolute Gasteiger partial charge is 0.335 e. The number of carbonyl (C=O) groups is 4. The molecule has 73 heavy (non-hydrogen) atoms. The van der Waals surface area contributed by atoms with E-state index in [4.69, 9.17) is 23.7 Å². The molecule has 1 heterocycles. The minimum atomic E-state index is -1.90. The van der Waals surface area contributed by atoms with Gasteiger partial charge >= 0.3 is 23.9 Å². The number of esters is 3. The highest BCUT2D eigenvalue weighted by molar-refractivity contribution is 5.74. The fourth-order valence-corrected chi connectivity index (χ4v) is 9.08. The third-order valence-electron chi connectivity index (χ3n) is 13.7. The van der Waals surface area contributed by atoms with Crippen LogP contribution < -0.4 is 0 Å². The second kappa shape index (κ2) is 49.8. The Morgan fingerprint density at radius 1 is 0.452 bits per heavy atom. The Labute approximate surface area is 444 Å². The van der Waals surface area contributed by atoms with Crippen molar-refractivity contribution in [3.05, 3.63) is 36.5 Å². The quantitative estimate of drug-likeness (QED) is 0.0228. The van der Waals surface area contributed by atoms with Crippen LogP contribution in [0, 0.1) is 0 Å². The molecule has 1 saturated heterocycles. The lowest BCUT2D eigenvalue weighted by Gasteiger charge is -2.40. The number of carboxylic acid groups (broad SMARTS) is 1. The summed E-state index contributed by atoms with van der Waals surface area (Å²) in [5.74, 6) is -3.11. The van der Waals surface area contributed by atoms with Crippen molar-refractivity contribution >= 4 is 23.9 Å². The van der Waals surface area contributed by atoms with E-state index >= 15 is 0 Å². The molecule has 0 aromatic heterocycles. The van der Waals surface area contributed by atoms with Crippen LogP contribution in [0.25, 0.3) is 0 Å². The SMILES string of the molecule is CCCCC/C=C\C/C=C\C/C=C\CCCCCCCCC(=O)OCC(COC1OC(C(=O)O)C(O)C(O)C1OC(=O)CCCCCCCCCCCCCCCCC)OC(=O)CCCCCCCCCCC. The zero-order valence-electron chi connectivity index (χ0n) is 46.6. The van der Waals surface area contributed by atoms with E-state index < -0.39 is 67.3 Å². The maximum Gasteiger partial charge on any atom is 0.335 e. The monoisotopic (exact) mass is 1030 g/mol. The molecule has 1 fully saturated rings. The van der Waals surface area contributed by atoms with E-state index in [1.54, 1.807) is 0 Å². The van der Waals surface area contributed by atoms with Crippen LogP contribution in [-0.4, -0.2) is 89.2 Å². The van der Waals surface area contributed by atoms with Crippen molar-refractivity contribution in [3.8, 4) is 0 Å². The van der Waals surface area contributed by atoms with Crippen LogP contribution in [-0.2, 0) is 42.9 Å². The molecule has 0 aromatic rings. The number of carbonyl (C=O) groups excluding carboxylic acids is 3. The van der Waals surface area contributed by atoms with Crippen molar-refractivity contribution in [1.82, 2.24) is 0 Å². The van der Waals surface area contributed by atoms with Gasteiger partial charge in [-0.2, -0.15) is 0 Å². The van der Waals surface area contributed by atoms with Crippen molar-refractivity contribution in [2.24, 2.45) is 0 Å². The number of aliphatic carboxylic acids is 1. The third-order valence-corrected chi connectivity index (χ3v) is 13.7. The van der Waals surface area contributed by atoms with Crippen molar-refractivity contribution in [2.45, 2.75) is 314 Å². The average Bonchev–Trinajstić information content (AvgIpc) is 3.37. The van der Waals surface area contributed by atoms with Crippen molar-refractivity contribution in [3.63, 3.8) is 0 Å². The summed E-state index contributed by atoms with van der Waals surface area (Å²) in [6.07, 6.45) is 45.5. The lowest BCUT2D eigenvalue weighted by atomic mass is 9.98. The summed E-state index contributed by atoms with van der Waals surface area (Å²) in [6, 6.07) is 0. The number of hydrogen-bond donors (Lipinski definition) is 3. The highest BCUT2D eigenvalue weighted by Crippen LogP contribution is 2.26. The number of allylic oxidation sites excluding steroid dienone is 6. The zero-order valence-corrected chi connectivity index (χ0v) is 46.6. The fourth-order valence-electron chi connectivity index (χ4n) is 9.08. The molecule has 6 unspecified atom stereocenters. The van der Waals surface area contributed by atoms with Crippen LogP contribution in [0.15, 0.2) is 36.5 Å². The molecule has 6 atom stereocenters. The zero-order chi connectivity index (χ0) is 53.3. The maximum absolute atomic E-state index is 13.1. The molecule has 12 nitrogen and oxygen atoms in total. The molecule has 0 radical (unpaired) electrons. The van der Waals surface area contributed by atoms with Crippen molar-refractivity contribution in [2.75, 3.05) is 13.2 Å². The average molecular weight is 1030 g/mol. The Bertz CT molecular complexity index is 1410. The summed E-state index contributed by atoms with van der Waals surface area (Å²) in [5.41, 5.74) is 0. The number of hydrogen-bond acceptors (Lipinski definition) is 11. The van der Waals surface area contributed by atoms with Gasteiger partial charge in [0.1, 0.15) is 18.8 Å². The van der Waals surface area contributed by atoms with Crippen LogP contribution in [0.4, 0.5) is 0 Å². The van der Waals surface area contributed by atoms with Crippen molar-refractivity contribution < 1.29 is 58.2 Å². The molecule has 0 amide bonds. The number of aliphatic hydroxyl groups is 2.